The average Bonchev–Trinajstić information content (AvgIpc) is 1.98. The molecule has 0 saturated carbocycles. The van der Waals surface area contributed by atoms with Crippen molar-refractivity contribution in [2.24, 2.45) is 0 Å². The topological polar surface area (TPSA) is 27.0 Å². The zero-order valence-corrected chi connectivity index (χ0v) is 6.83. The molecule has 0 saturated heterocycles. The fourth-order valence-electron chi connectivity index (χ4n) is 0.528. The number of allylic oxidation sites excluding steroid dienone is 1. The van der Waals surface area contributed by atoms with Gasteiger partial charge in [0.1, 0.15) is 0 Å². The number of hydrogen-bond acceptors (Lipinski definition) is 2. The highest BCUT2D eigenvalue weighted by Crippen LogP contribution is 1.92. The minimum atomic E-state index is 0.0104. The lowest BCUT2D eigenvalue weighted by atomic mass is 10.3. The van der Waals surface area contributed by atoms with Crippen LogP contribution < -0.4 is 0 Å². The Morgan fingerprint density at radius 3 is 2.70 bits per heavy atom. The third kappa shape index (κ3) is 3.26. The average molecular weight is 138 g/mol. The number of nitrogens with zero attached hydrogens (tertiary/aromatic N) is 2. The van der Waals surface area contributed by atoms with Crippen LogP contribution in [-0.4, -0.2) is 24.5 Å². The monoisotopic (exact) mass is 138 g/mol. The van der Waals surface area contributed by atoms with Gasteiger partial charge in [0, 0.05) is 6.54 Å². The molecule has 0 aliphatic rings. The molecule has 0 rings (SSSR count). The molecule has 2 nitrogen and oxygen atoms in total. The van der Waals surface area contributed by atoms with Crippen LogP contribution in [0.2, 0.25) is 0 Å². The Hall–Kier alpha value is -0.810. The molecule has 0 aromatic carbocycles. The molecule has 0 fully saturated rings. The van der Waals surface area contributed by atoms with Crippen LogP contribution in [0.1, 0.15) is 13.8 Å². The molecule has 0 aromatic rings. The van der Waals surface area contributed by atoms with Gasteiger partial charge in [0.2, 0.25) is 0 Å². The summed E-state index contributed by atoms with van der Waals surface area (Å²) in [5, 5.41) is 8.49. The minimum absolute atomic E-state index is 0.0104. The molecular weight excluding hydrogens is 124 g/mol. The molecule has 1 atom stereocenters. The highest BCUT2D eigenvalue weighted by molar-refractivity contribution is 4.90. The van der Waals surface area contributed by atoms with Crippen molar-refractivity contribution in [1.82, 2.24) is 4.90 Å². The summed E-state index contributed by atoms with van der Waals surface area (Å²) in [7, 11) is 1.94. The molecule has 0 N–H and O–H groups in total. The Labute approximate surface area is 62.8 Å². The van der Waals surface area contributed by atoms with Crippen LogP contribution in [0.25, 0.3) is 0 Å². The summed E-state index contributed by atoms with van der Waals surface area (Å²) in [4.78, 5) is 1.99. The van der Waals surface area contributed by atoms with Crippen molar-refractivity contribution in [1.29, 1.82) is 5.26 Å². The van der Waals surface area contributed by atoms with Gasteiger partial charge < -0.3 is 0 Å². The van der Waals surface area contributed by atoms with Crippen LogP contribution in [0.4, 0.5) is 0 Å². The van der Waals surface area contributed by atoms with Gasteiger partial charge in [0.25, 0.3) is 0 Å². The van der Waals surface area contributed by atoms with E-state index in [2.05, 4.69) is 6.07 Å². The Morgan fingerprint density at radius 1 is 1.70 bits per heavy atom. The molecule has 0 amide bonds. The molecule has 1 unspecified atom stereocenters. The molecule has 0 aromatic heterocycles. The highest BCUT2D eigenvalue weighted by atomic mass is 15.1. The lowest BCUT2D eigenvalue weighted by Gasteiger charge is -2.15. The summed E-state index contributed by atoms with van der Waals surface area (Å²) in [6.45, 7) is 4.72. The van der Waals surface area contributed by atoms with Gasteiger partial charge in [-0.15, -0.1) is 0 Å². The number of rotatable bonds is 3. The molecule has 0 aliphatic heterocycles. The first kappa shape index (κ1) is 9.19. The van der Waals surface area contributed by atoms with Gasteiger partial charge in [0.05, 0.1) is 12.1 Å². The van der Waals surface area contributed by atoms with Gasteiger partial charge in [-0.05, 0) is 20.9 Å². The third-order valence-electron chi connectivity index (χ3n) is 1.48. The largest absolute Gasteiger partial charge is 0.288 e. The highest BCUT2D eigenvalue weighted by Gasteiger charge is 2.03. The van der Waals surface area contributed by atoms with Crippen LogP contribution >= 0.6 is 0 Å². The first-order valence-corrected chi connectivity index (χ1v) is 3.43. The lowest BCUT2D eigenvalue weighted by molar-refractivity contribution is 0.335. The summed E-state index contributed by atoms with van der Waals surface area (Å²) in [6.07, 6.45) is 4.02. The summed E-state index contributed by atoms with van der Waals surface area (Å²) >= 11 is 0. The van der Waals surface area contributed by atoms with E-state index in [4.69, 9.17) is 5.26 Å². The van der Waals surface area contributed by atoms with Crippen LogP contribution in [0, 0.1) is 11.3 Å². The molecular formula is C8H14N2. The van der Waals surface area contributed by atoms with E-state index >= 15 is 0 Å². The molecule has 0 bridgehead atoms. The Kier molecular flexibility index (Phi) is 4.61. The van der Waals surface area contributed by atoms with Gasteiger partial charge in [-0.1, -0.05) is 12.2 Å². The first-order valence-electron chi connectivity index (χ1n) is 3.43. The van der Waals surface area contributed by atoms with E-state index in [1.165, 1.54) is 0 Å². The molecule has 0 spiro atoms. The maximum atomic E-state index is 8.49. The van der Waals surface area contributed by atoms with E-state index in [9.17, 15) is 0 Å². The van der Waals surface area contributed by atoms with Gasteiger partial charge in [0.15, 0.2) is 0 Å². The van der Waals surface area contributed by atoms with Crippen LogP contribution in [0.5, 0.6) is 0 Å². The number of hydrogen-bond donors (Lipinski definition) is 0. The third-order valence-corrected chi connectivity index (χ3v) is 1.48. The molecule has 0 radical (unpaired) electrons. The number of nitriles is 1. The predicted molar refractivity (Wildman–Crippen MR) is 42.5 cm³/mol. The lowest BCUT2D eigenvalue weighted by Crippen LogP contribution is -2.27. The van der Waals surface area contributed by atoms with Crippen molar-refractivity contribution in [3.05, 3.63) is 12.2 Å². The van der Waals surface area contributed by atoms with E-state index in [0.717, 1.165) is 6.54 Å². The standard InChI is InChI=1S/C8H14N2/c1-4-5-6-10(3)8(2)7-9/h4-5,8H,6H2,1-3H3. The van der Waals surface area contributed by atoms with Crippen molar-refractivity contribution in [3.8, 4) is 6.07 Å². The van der Waals surface area contributed by atoms with Gasteiger partial charge in [-0.25, -0.2) is 0 Å². The maximum Gasteiger partial charge on any atom is 0.0949 e. The first-order chi connectivity index (χ1) is 4.72. The van der Waals surface area contributed by atoms with Crippen LogP contribution in [0.3, 0.4) is 0 Å². The Balaban J connectivity index is 3.64. The minimum Gasteiger partial charge on any atom is -0.288 e. The predicted octanol–water partition coefficient (Wildman–Crippen LogP) is 1.41. The SMILES string of the molecule is CC=CCN(C)C(C)C#N. The maximum absolute atomic E-state index is 8.49. The van der Waals surface area contributed by atoms with Gasteiger partial charge >= 0.3 is 0 Å². The summed E-state index contributed by atoms with van der Waals surface area (Å²) in [5.41, 5.74) is 0. The molecule has 56 valence electrons. The Bertz CT molecular complexity index is 144. The van der Waals surface area contributed by atoms with Crippen molar-refractivity contribution in [2.75, 3.05) is 13.6 Å². The smallest absolute Gasteiger partial charge is 0.0949 e. The normalized spacial score (nSPS) is 13.9. The van der Waals surface area contributed by atoms with Crippen molar-refractivity contribution in [3.63, 3.8) is 0 Å². The molecule has 0 aliphatic carbocycles. The van der Waals surface area contributed by atoms with Crippen LogP contribution in [-0.2, 0) is 0 Å². The van der Waals surface area contributed by atoms with Gasteiger partial charge in [-0.3, -0.25) is 4.90 Å². The van der Waals surface area contributed by atoms with Crippen molar-refractivity contribution in [2.45, 2.75) is 19.9 Å². The second-order valence-electron chi connectivity index (χ2n) is 2.31. The van der Waals surface area contributed by atoms with Crippen molar-refractivity contribution >= 4 is 0 Å². The second kappa shape index (κ2) is 5.01. The molecule has 2 heteroatoms. The molecule has 10 heavy (non-hydrogen) atoms. The van der Waals surface area contributed by atoms with E-state index < -0.39 is 0 Å². The van der Waals surface area contributed by atoms with Crippen LogP contribution in [0.15, 0.2) is 12.2 Å². The fraction of sp³-hybridized carbons (Fsp3) is 0.625. The summed E-state index contributed by atoms with van der Waals surface area (Å²) < 4.78 is 0. The van der Waals surface area contributed by atoms with E-state index in [1.807, 2.05) is 37.9 Å². The summed E-state index contributed by atoms with van der Waals surface area (Å²) in [5.74, 6) is 0. The van der Waals surface area contributed by atoms with Crippen molar-refractivity contribution < 1.29 is 0 Å². The fourth-order valence-corrected chi connectivity index (χ4v) is 0.528. The van der Waals surface area contributed by atoms with E-state index in [0.29, 0.717) is 0 Å². The van der Waals surface area contributed by atoms with Gasteiger partial charge in [-0.2, -0.15) is 5.26 Å². The quantitative estimate of drug-likeness (QED) is 0.551. The van der Waals surface area contributed by atoms with E-state index in [-0.39, 0.29) is 6.04 Å². The second-order valence-corrected chi connectivity index (χ2v) is 2.31. The zero-order valence-electron chi connectivity index (χ0n) is 6.83. The number of likely N-dealkylation sites (N-methyl/N-ethyl adjacent to an activating group) is 1. The zero-order chi connectivity index (χ0) is 7.98. The molecule has 0 heterocycles. The Morgan fingerprint density at radius 2 is 2.30 bits per heavy atom. The summed E-state index contributed by atoms with van der Waals surface area (Å²) in [6, 6.07) is 2.18. The van der Waals surface area contributed by atoms with E-state index in [1.54, 1.807) is 0 Å².